The molecule has 0 saturated heterocycles. The van der Waals surface area contributed by atoms with E-state index < -0.39 is 5.97 Å². The van der Waals surface area contributed by atoms with Crippen molar-refractivity contribution in [1.82, 2.24) is 5.32 Å². The standard InChI is InChI=1S/C12H19NO3/c1-2-7-6-10(7)13-11(14)8-3-4-9(5-8)12(15)16/h7-10H,2-6H2,1H3,(H,13,14)(H,15,16). The van der Waals surface area contributed by atoms with E-state index in [2.05, 4.69) is 12.2 Å². The maximum absolute atomic E-state index is 11.8. The molecule has 16 heavy (non-hydrogen) atoms. The van der Waals surface area contributed by atoms with Crippen LogP contribution in [0.3, 0.4) is 0 Å². The molecule has 1 amide bonds. The summed E-state index contributed by atoms with van der Waals surface area (Å²) in [4.78, 5) is 22.6. The minimum Gasteiger partial charge on any atom is -0.481 e. The maximum Gasteiger partial charge on any atom is 0.306 e. The van der Waals surface area contributed by atoms with Crippen molar-refractivity contribution in [1.29, 1.82) is 0 Å². The van der Waals surface area contributed by atoms with Crippen molar-refractivity contribution in [3.8, 4) is 0 Å². The van der Waals surface area contributed by atoms with E-state index in [4.69, 9.17) is 5.11 Å². The molecule has 90 valence electrons. The Bertz CT molecular complexity index is 303. The Hall–Kier alpha value is -1.06. The van der Waals surface area contributed by atoms with E-state index >= 15 is 0 Å². The fourth-order valence-electron chi connectivity index (χ4n) is 2.62. The van der Waals surface area contributed by atoms with Crippen molar-refractivity contribution in [2.24, 2.45) is 17.8 Å². The lowest BCUT2D eigenvalue weighted by molar-refractivity contribution is -0.141. The lowest BCUT2D eigenvalue weighted by Gasteiger charge is -2.10. The Morgan fingerprint density at radius 3 is 2.44 bits per heavy atom. The number of amides is 1. The van der Waals surface area contributed by atoms with Crippen LogP contribution < -0.4 is 5.32 Å². The van der Waals surface area contributed by atoms with Gasteiger partial charge in [0.15, 0.2) is 0 Å². The molecular weight excluding hydrogens is 206 g/mol. The third-order valence-corrected chi connectivity index (χ3v) is 3.93. The van der Waals surface area contributed by atoms with Crippen molar-refractivity contribution in [2.45, 2.75) is 45.1 Å². The van der Waals surface area contributed by atoms with Crippen molar-refractivity contribution in [3.63, 3.8) is 0 Å². The highest BCUT2D eigenvalue weighted by Gasteiger charge is 2.40. The molecule has 0 heterocycles. The topological polar surface area (TPSA) is 66.4 Å². The molecule has 0 spiro atoms. The van der Waals surface area contributed by atoms with Gasteiger partial charge in [-0.15, -0.1) is 0 Å². The number of rotatable bonds is 4. The summed E-state index contributed by atoms with van der Waals surface area (Å²) in [6.45, 7) is 2.13. The van der Waals surface area contributed by atoms with Crippen molar-refractivity contribution < 1.29 is 14.7 Å². The van der Waals surface area contributed by atoms with Crippen LogP contribution in [0, 0.1) is 17.8 Å². The molecule has 0 aromatic rings. The lowest BCUT2D eigenvalue weighted by Crippen LogP contribution is -2.32. The van der Waals surface area contributed by atoms with Gasteiger partial charge < -0.3 is 10.4 Å². The molecule has 4 atom stereocenters. The smallest absolute Gasteiger partial charge is 0.306 e. The van der Waals surface area contributed by atoms with Crippen LogP contribution in [0.2, 0.25) is 0 Å². The second kappa shape index (κ2) is 4.44. The quantitative estimate of drug-likeness (QED) is 0.760. The Morgan fingerprint density at radius 1 is 1.25 bits per heavy atom. The molecular formula is C12H19NO3. The summed E-state index contributed by atoms with van der Waals surface area (Å²) in [5, 5.41) is 11.9. The maximum atomic E-state index is 11.8. The van der Waals surface area contributed by atoms with Gasteiger partial charge in [0, 0.05) is 12.0 Å². The number of hydrogen-bond donors (Lipinski definition) is 2. The molecule has 0 bridgehead atoms. The van der Waals surface area contributed by atoms with E-state index in [-0.39, 0.29) is 17.7 Å². The fraction of sp³-hybridized carbons (Fsp3) is 0.833. The first kappa shape index (κ1) is 11.4. The summed E-state index contributed by atoms with van der Waals surface area (Å²) in [5.41, 5.74) is 0. The number of carboxylic acid groups (broad SMARTS) is 1. The Labute approximate surface area is 95.4 Å². The largest absolute Gasteiger partial charge is 0.481 e. The summed E-state index contributed by atoms with van der Waals surface area (Å²) in [7, 11) is 0. The van der Waals surface area contributed by atoms with Gasteiger partial charge in [-0.2, -0.15) is 0 Å². The van der Waals surface area contributed by atoms with Gasteiger partial charge in [0.1, 0.15) is 0 Å². The molecule has 2 fully saturated rings. The fourth-order valence-corrected chi connectivity index (χ4v) is 2.62. The normalized spacial score (nSPS) is 37.1. The van der Waals surface area contributed by atoms with E-state index in [0.29, 0.717) is 24.8 Å². The van der Waals surface area contributed by atoms with Crippen molar-refractivity contribution in [3.05, 3.63) is 0 Å². The summed E-state index contributed by atoms with van der Waals surface area (Å²) in [6, 6.07) is 0.362. The van der Waals surface area contributed by atoms with Gasteiger partial charge in [0.05, 0.1) is 5.92 Å². The van der Waals surface area contributed by atoms with Gasteiger partial charge in [-0.1, -0.05) is 13.3 Å². The Morgan fingerprint density at radius 2 is 1.94 bits per heavy atom. The van der Waals surface area contributed by atoms with Gasteiger partial charge >= 0.3 is 5.97 Å². The van der Waals surface area contributed by atoms with Crippen LogP contribution in [-0.4, -0.2) is 23.0 Å². The van der Waals surface area contributed by atoms with Gasteiger partial charge in [-0.25, -0.2) is 0 Å². The number of carboxylic acids is 1. The monoisotopic (exact) mass is 225 g/mol. The van der Waals surface area contributed by atoms with Gasteiger partial charge in [0.2, 0.25) is 5.91 Å². The van der Waals surface area contributed by atoms with E-state index in [0.717, 1.165) is 19.3 Å². The number of aliphatic carboxylic acids is 1. The predicted molar refractivity (Wildman–Crippen MR) is 58.8 cm³/mol. The van der Waals surface area contributed by atoms with Gasteiger partial charge in [-0.3, -0.25) is 9.59 Å². The highest BCUT2D eigenvalue weighted by atomic mass is 16.4. The Kier molecular flexibility index (Phi) is 3.17. The van der Waals surface area contributed by atoms with Crippen LogP contribution >= 0.6 is 0 Å². The van der Waals surface area contributed by atoms with E-state index in [1.54, 1.807) is 0 Å². The van der Waals surface area contributed by atoms with Crippen LogP contribution in [0.25, 0.3) is 0 Å². The first-order valence-electron chi connectivity index (χ1n) is 6.15. The number of carbonyl (C=O) groups is 2. The van der Waals surface area contributed by atoms with Crippen molar-refractivity contribution >= 4 is 11.9 Å². The van der Waals surface area contributed by atoms with E-state index in [1.165, 1.54) is 0 Å². The van der Waals surface area contributed by atoms with Crippen LogP contribution in [0.1, 0.15) is 39.0 Å². The number of nitrogens with one attached hydrogen (secondary N) is 1. The zero-order chi connectivity index (χ0) is 11.7. The van der Waals surface area contributed by atoms with E-state index in [9.17, 15) is 9.59 Å². The molecule has 2 N–H and O–H groups in total. The molecule has 2 aliphatic carbocycles. The third-order valence-electron chi connectivity index (χ3n) is 3.93. The number of carbonyl (C=O) groups excluding carboxylic acids is 1. The molecule has 0 aromatic carbocycles. The summed E-state index contributed by atoms with van der Waals surface area (Å²) in [6.07, 6.45) is 4.11. The second-order valence-electron chi connectivity index (χ2n) is 5.06. The molecule has 2 saturated carbocycles. The number of hydrogen-bond acceptors (Lipinski definition) is 2. The molecule has 4 nitrogen and oxygen atoms in total. The Balaban J connectivity index is 1.77. The summed E-state index contributed by atoms with van der Waals surface area (Å²) < 4.78 is 0. The summed E-state index contributed by atoms with van der Waals surface area (Å²) >= 11 is 0. The highest BCUT2D eigenvalue weighted by Crippen LogP contribution is 2.35. The van der Waals surface area contributed by atoms with Crippen LogP contribution in [-0.2, 0) is 9.59 Å². The predicted octanol–water partition coefficient (Wildman–Crippen LogP) is 1.40. The molecule has 2 aliphatic rings. The molecule has 4 heteroatoms. The SMILES string of the molecule is CCC1CC1NC(=O)C1CCC(C(=O)O)C1. The average molecular weight is 225 g/mol. The highest BCUT2D eigenvalue weighted by molar-refractivity contribution is 5.81. The van der Waals surface area contributed by atoms with Gasteiger partial charge in [-0.05, 0) is 31.6 Å². The minimum atomic E-state index is -0.756. The van der Waals surface area contributed by atoms with Crippen LogP contribution in [0.15, 0.2) is 0 Å². The van der Waals surface area contributed by atoms with Gasteiger partial charge in [0.25, 0.3) is 0 Å². The first-order valence-corrected chi connectivity index (χ1v) is 6.15. The lowest BCUT2D eigenvalue weighted by atomic mass is 10.0. The molecule has 2 rings (SSSR count). The molecule has 4 unspecified atom stereocenters. The first-order chi connectivity index (χ1) is 7.61. The molecule has 0 aliphatic heterocycles. The molecule has 0 aromatic heterocycles. The minimum absolute atomic E-state index is 0.0702. The summed E-state index contributed by atoms with van der Waals surface area (Å²) in [5.74, 6) is -0.408. The van der Waals surface area contributed by atoms with Crippen LogP contribution in [0.4, 0.5) is 0 Å². The zero-order valence-electron chi connectivity index (χ0n) is 9.61. The average Bonchev–Trinajstić information content (AvgIpc) is 2.80. The third kappa shape index (κ3) is 2.36. The van der Waals surface area contributed by atoms with Crippen molar-refractivity contribution in [2.75, 3.05) is 0 Å². The zero-order valence-corrected chi connectivity index (χ0v) is 9.61. The van der Waals surface area contributed by atoms with Crippen LogP contribution in [0.5, 0.6) is 0 Å². The van der Waals surface area contributed by atoms with E-state index in [1.807, 2.05) is 0 Å². The molecule has 0 radical (unpaired) electrons. The second-order valence-corrected chi connectivity index (χ2v) is 5.06.